The molecule has 3 rings (SSSR count). The molecule has 122 valence electrons. The molecule has 1 unspecified atom stereocenters. The minimum Gasteiger partial charge on any atom is -0.379 e. The van der Waals surface area contributed by atoms with E-state index in [0.29, 0.717) is 38.1 Å². The largest absolute Gasteiger partial charge is 0.431 e. The lowest BCUT2D eigenvalue weighted by molar-refractivity contribution is -0.140. The van der Waals surface area contributed by atoms with Gasteiger partial charge in [0, 0.05) is 25.2 Å². The van der Waals surface area contributed by atoms with Crippen LogP contribution in [0.5, 0.6) is 0 Å². The smallest absolute Gasteiger partial charge is 0.379 e. The molecule has 22 heavy (non-hydrogen) atoms. The van der Waals surface area contributed by atoms with E-state index in [-0.39, 0.29) is 11.5 Å². The van der Waals surface area contributed by atoms with Gasteiger partial charge in [-0.1, -0.05) is 19.3 Å². The van der Waals surface area contributed by atoms with Crippen molar-refractivity contribution >= 4 is 5.91 Å². The number of nitrogens with zero attached hydrogens (tertiary/aromatic N) is 1. The maximum Gasteiger partial charge on any atom is 0.431 e. The van der Waals surface area contributed by atoms with Crippen molar-refractivity contribution in [2.45, 2.75) is 25.4 Å². The summed E-state index contributed by atoms with van der Waals surface area (Å²) >= 11 is 0. The number of rotatable bonds is 2. The minimum atomic E-state index is -4.46. The summed E-state index contributed by atoms with van der Waals surface area (Å²) in [5.74, 6) is 0.508. The topological polar surface area (TPSA) is 45.3 Å². The molecule has 0 aromatic carbocycles. The Bertz CT molecular complexity index is 537. The van der Waals surface area contributed by atoms with Crippen molar-refractivity contribution < 1.29 is 22.7 Å². The molecular weight excluding hydrogens is 297 g/mol. The highest BCUT2D eigenvalue weighted by atomic mass is 19.4. The van der Waals surface area contributed by atoms with Crippen LogP contribution in [0.1, 0.15) is 35.3 Å². The Morgan fingerprint density at radius 2 is 2.09 bits per heavy atom. The lowest BCUT2D eigenvalue weighted by atomic mass is 9.76. The van der Waals surface area contributed by atoms with E-state index in [1.165, 1.54) is 6.42 Å². The van der Waals surface area contributed by atoms with Gasteiger partial charge in [-0.2, -0.15) is 13.2 Å². The van der Waals surface area contributed by atoms with Gasteiger partial charge >= 0.3 is 6.18 Å². The Labute approximate surface area is 126 Å². The molecule has 1 atom stereocenters. The van der Waals surface area contributed by atoms with Crippen LogP contribution in [0.2, 0.25) is 0 Å². The van der Waals surface area contributed by atoms with Crippen molar-refractivity contribution in [3.8, 4) is 0 Å². The number of hydrogen-bond donors (Lipinski definition) is 1. The number of aromatic nitrogens is 1. The molecule has 1 aromatic heterocycles. The molecule has 0 radical (unpaired) electrons. The van der Waals surface area contributed by atoms with Gasteiger partial charge in [0.1, 0.15) is 5.69 Å². The normalized spacial score (nSPS) is 24.0. The van der Waals surface area contributed by atoms with Crippen LogP contribution in [-0.2, 0) is 10.9 Å². The molecule has 4 nitrogen and oxygen atoms in total. The molecule has 1 aliphatic heterocycles. The zero-order chi connectivity index (χ0) is 15.7. The third-order valence-electron chi connectivity index (χ3n) is 4.63. The molecule has 1 aromatic rings. The van der Waals surface area contributed by atoms with Crippen LogP contribution in [0.25, 0.3) is 0 Å². The van der Waals surface area contributed by atoms with E-state index in [4.69, 9.17) is 4.74 Å². The maximum absolute atomic E-state index is 12.6. The minimum absolute atomic E-state index is 0.0570. The zero-order valence-electron chi connectivity index (χ0n) is 12.2. The van der Waals surface area contributed by atoms with E-state index < -0.39 is 11.9 Å². The molecule has 2 aliphatic rings. The number of hydrogen-bond acceptors (Lipinski definition) is 2. The standard InChI is InChI=1S/C15H19F3N2O2/c16-15(17,18)13-6-11(7-19-13)14(21)20-4-5-22-9-12(8-20)10-2-1-3-10/h6-7,10,12,19H,1-5,8-9H2. The summed E-state index contributed by atoms with van der Waals surface area (Å²) in [5.41, 5.74) is -0.834. The number of amides is 1. The van der Waals surface area contributed by atoms with Crippen LogP contribution in [0, 0.1) is 11.8 Å². The first-order valence-corrected chi connectivity index (χ1v) is 7.58. The first-order chi connectivity index (χ1) is 10.4. The average Bonchev–Trinajstić information content (AvgIpc) is 2.78. The Morgan fingerprint density at radius 1 is 1.32 bits per heavy atom. The monoisotopic (exact) mass is 316 g/mol. The number of halogens is 3. The first kappa shape index (κ1) is 15.4. The molecule has 0 bridgehead atoms. The van der Waals surface area contributed by atoms with Crippen molar-refractivity contribution in [1.29, 1.82) is 0 Å². The van der Waals surface area contributed by atoms with Crippen LogP contribution in [0.4, 0.5) is 13.2 Å². The molecule has 2 fully saturated rings. The van der Waals surface area contributed by atoms with Gasteiger partial charge in [0.2, 0.25) is 0 Å². The first-order valence-electron chi connectivity index (χ1n) is 7.58. The second kappa shape index (κ2) is 5.95. The third-order valence-corrected chi connectivity index (χ3v) is 4.63. The summed E-state index contributed by atoms with van der Waals surface area (Å²) in [6.45, 7) is 2.06. The molecule has 1 N–H and O–H groups in total. The SMILES string of the molecule is O=C(c1c[nH]c(C(F)(F)F)c1)N1CCOCC(C2CCC2)C1. The van der Waals surface area contributed by atoms with E-state index in [1.807, 2.05) is 0 Å². The Morgan fingerprint density at radius 3 is 2.68 bits per heavy atom. The van der Waals surface area contributed by atoms with Crippen LogP contribution >= 0.6 is 0 Å². The Balaban J connectivity index is 1.71. The second-order valence-corrected chi connectivity index (χ2v) is 6.08. The molecule has 1 saturated heterocycles. The van der Waals surface area contributed by atoms with E-state index in [0.717, 1.165) is 25.1 Å². The number of ether oxygens (including phenoxy) is 1. The maximum atomic E-state index is 12.6. The summed E-state index contributed by atoms with van der Waals surface area (Å²) in [7, 11) is 0. The van der Waals surface area contributed by atoms with Crippen LogP contribution in [-0.4, -0.2) is 42.1 Å². The van der Waals surface area contributed by atoms with E-state index in [2.05, 4.69) is 4.98 Å². The van der Waals surface area contributed by atoms with Gasteiger partial charge in [-0.25, -0.2) is 0 Å². The van der Waals surface area contributed by atoms with Gasteiger partial charge in [0.25, 0.3) is 5.91 Å². The van der Waals surface area contributed by atoms with Gasteiger partial charge in [0.05, 0.1) is 18.8 Å². The summed E-state index contributed by atoms with van der Waals surface area (Å²) in [6.07, 6.45) is 0.183. The molecule has 1 saturated carbocycles. The molecule has 1 aliphatic carbocycles. The van der Waals surface area contributed by atoms with Crippen molar-refractivity contribution in [1.82, 2.24) is 9.88 Å². The fourth-order valence-electron chi connectivity index (χ4n) is 3.08. The highest BCUT2D eigenvalue weighted by molar-refractivity contribution is 5.94. The van der Waals surface area contributed by atoms with Gasteiger partial charge in [0.15, 0.2) is 0 Å². The number of H-pyrrole nitrogens is 1. The Hall–Kier alpha value is -1.50. The van der Waals surface area contributed by atoms with Gasteiger partial charge < -0.3 is 14.6 Å². The van der Waals surface area contributed by atoms with Gasteiger partial charge in [-0.05, 0) is 12.0 Å². The highest BCUT2D eigenvalue weighted by Gasteiger charge is 2.35. The van der Waals surface area contributed by atoms with Gasteiger partial charge in [-0.15, -0.1) is 0 Å². The molecule has 7 heteroatoms. The molecule has 2 heterocycles. The van der Waals surface area contributed by atoms with Crippen LogP contribution in [0.15, 0.2) is 12.3 Å². The summed E-state index contributed by atoms with van der Waals surface area (Å²) in [6, 6.07) is 0.881. The molecule has 1 amide bonds. The number of alkyl halides is 3. The lowest BCUT2D eigenvalue weighted by Gasteiger charge is -2.34. The average molecular weight is 316 g/mol. The second-order valence-electron chi connectivity index (χ2n) is 6.08. The molecule has 0 spiro atoms. The third kappa shape index (κ3) is 3.14. The van der Waals surface area contributed by atoms with Crippen molar-refractivity contribution in [2.75, 3.05) is 26.3 Å². The summed E-state index contributed by atoms with van der Waals surface area (Å²) in [5, 5.41) is 0. The number of carbonyl (C=O) groups is 1. The quantitative estimate of drug-likeness (QED) is 0.912. The van der Waals surface area contributed by atoms with Crippen LogP contribution < -0.4 is 0 Å². The van der Waals surface area contributed by atoms with Gasteiger partial charge in [-0.3, -0.25) is 4.79 Å². The fraction of sp³-hybridized carbons (Fsp3) is 0.667. The summed E-state index contributed by atoms with van der Waals surface area (Å²) < 4.78 is 43.4. The highest BCUT2D eigenvalue weighted by Crippen LogP contribution is 2.35. The lowest BCUT2D eigenvalue weighted by Crippen LogP contribution is -2.39. The van der Waals surface area contributed by atoms with E-state index >= 15 is 0 Å². The number of nitrogens with one attached hydrogen (secondary N) is 1. The summed E-state index contributed by atoms with van der Waals surface area (Å²) in [4.78, 5) is 16.2. The number of carbonyl (C=O) groups excluding carboxylic acids is 1. The zero-order valence-corrected chi connectivity index (χ0v) is 12.2. The van der Waals surface area contributed by atoms with E-state index in [1.54, 1.807) is 4.90 Å². The van der Waals surface area contributed by atoms with Crippen LogP contribution in [0.3, 0.4) is 0 Å². The van der Waals surface area contributed by atoms with E-state index in [9.17, 15) is 18.0 Å². The Kier molecular flexibility index (Phi) is 4.16. The van der Waals surface area contributed by atoms with Crippen molar-refractivity contribution in [2.24, 2.45) is 11.8 Å². The number of aromatic amines is 1. The predicted molar refractivity (Wildman–Crippen MR) is 73.3 cm³/mol. The van der Waals surface area contributed by atoms with Crippen molar-refractivity contribution in [3.63, 3.8) is 0 Å². The molecular formula is C15H19F3N2O2. The fourth-order valence-corrected chi connectivity index (χ4v) is 3.08. The predicted octanol–water partition coefficient (Wildman–Crippen LogP) is 2.92. The van der Waals surface area contributed by atoms with Crippen molar-refractivity contribution in [3.05, 3.63) is 23.5 Å².